The van der Waals surface area contributed by atoms with Gasteiger partial charge >= 0.3 is 0 Å². The Bertz CT molecular complexity index is 383. The highest BCUT2D eigenvalue weighted by atomic mass is 35.5. The largest absolute Gasteiger partial charge is 0.381 e. The van der Waals surface area contributed by atoms with Crippen molar-refractivity contribution in [2.45, 2.75) is 19.8 Å². The molecule has 4 nitrogen and oxygen atoms in total. The highest BCUT2D eigenvalue weighted by Gasteiger charge is 2.35. The molecule has 5 heteroatoms. The fourth-order valence-electron chi connectivity index (χ4n) is 2.25. The molecule has 16 heavy (non-hydrogen) atoms. The summed E-state index contributed by atoms with van der Waals surface area (Å²) in [6, 6.07) is 0. The van der Waals surface area contributed by atoms with E-state index in [-0.39, 0.29) is 5.41 Å². The highest BCUT2D eigenvalue weighted by Crippen LogP contribution is 2.34. The molecule has 0 saturated carbocycles. The van der Waals surface area contributed by atoms with Gasteiger partial charge in [0.25, 0.3) is 0 Å². The number of halogens is 1. The van der Waals surface area contributed by atoms with Gasteiger partial charge in [-0.1, -0.05) is 11.6 Å². The zero-order valence-electron chi connectivity index (χ0n) is 9.79. The van der Waals surface area contributed by atoms with Crippen LogP contribution in [0.25, 0.3) is 0 Å². The maximum Gasteiger partial charge on any atom is 0.0847 e. The second kappa shape index (κ2) is 4.35. The SMILES string of the molecule is Cc1nn(C)c(CC2(CN)CCOC2)c1Cl. The monoisotopic (exact) mass is 243 g/mol. The second-order valence-electron chi connectivity index (χ2n) is 4.65. The zero-order valence-corrected chi connectivity index (χ0v) is 10.5. The maximum absolute atomic E-state index is 6.25. The predicted molar refractivity (Wildman–Crippen MR) is 63.6 cm³/mol. The summed E-state index contributed by atoms with van der Waals surface area (Å²) in [7, 11) is 1.92. The van der Waals surface area contributed by atoms with E-state index < -0.39 is 0 Å². The van der Waals surface area contributed by atoms with E-state index in [2.05, 4.69) is 5.10 Å². The van der Waals surface area contributed by atoms with Crippen molar-refractivity contribution in [3.05, 3.63) is 16.4 Å². The predicted octanol–water partition coefficient (Wildman–Crippen LogP) is 1.29. The summed E-state index contributed by atoms with van der Waals surface area (Å²) in [5.74, 6) is 0. The Morgan fingerprint density at radius 2 is 2.38 bits per heavy atom. The summed E-state index contributed by atoms with van der Waals surface area (Å²) < 4.78 is 7.31. The number of aryl methyl sites for hydroxylation is 2. The van der Waals surface area contributed by atoms with Crippen molar-refractivity contribution in [2.24, 2.45) is 18.2 Å². The molecule has 2 rings (SSSR count). The van der Waals surface area contributed by atoms with Crippen molar-refractivity contribution in [1.29, 1.82) is 0 Å². The van der Waals surface area contributed by atoms with Crippen LogP contribution in [-0.2, 0) is 18.2 Å². The zero-order chi connectivity index (χ0) is 11.8. The lowest BCUT2D eigenvalue weighted by Gasteiger charge is -2.25. The highest BCUT2D eigenvalue weighted by molar-refractivity contribution is 6.31. The van der Waals surface area contributed by atoms with Gasteiger partial charge in [0.1, 0.15) is 0 Å². The molecule has 1 unspecified atom stereocenters. The van der Waals surface area contributed by atoms with Gasteiger partial charge in [0.15, 0.2) is 0 Å². The van der Waals surface area contributed by atoms with Gasteiger partial charge in [0.05, 0.1) is 23.0 Å². The van der Waals surface area contributed by atoms with E-state index in [0.717, 1.165) is 42.5 Å². The molecule has 1 atom stereocenters. The van der Waals surface area contributed by atoms with Crippen LogP contribution in [0.3, 0.4) is 0 Å². The number of hydrogen-bond donors (Lipinski definition) is 1. The standard InChI is InChI=1S/C11H18ClN3O/c1-8-10(12)9(15(2)14-8)5-11(6-13)3-4-16-7-11/h3-7,13H2,1-2H3. The van der Waals surface area contributed by atoms with Crippen LogP contribution in [0.15, 0.2) is 0 Å². The molecule has 0 aromatic carbocycles. The first-order chi connectivity index (χ1) is 7.58. The molecule has 1 fully saturated rings. The maximum atomic E-state index is 6.25. The average Bonchev–Trinajstić information content (AvgIpc) is 2.81. The summed E-state index contributed by atoms with van der Waals surface area (Å²) in [5, 5.41) is 5.09. The van der Waals surface area contributed by atoms with Crippen molar-refractivity contribution < 1.29 is 4.74 Å². The summed E-state index contributed by atoms with van der Waals surface area (Å²) in [6.07, 6.45) is 1.85. The fraction of sp³-hybridized carbons (Fsp3) is 0.727. The van der Waals surface area contributed by atoms with Gasteiger partial charge in [-0.2, -0.15) is 5.10 Å². The summed E-state index contributed by atoms with van der Waals surface area (Å²) >= 11 is 6.25. The van der Waals surface area contributed by atoms with E-state index in [9.17, 15) is 0 Å². The molecule has 90 valence electrons. The molecule has 0 aliphatic carbocycles. The quantitative estimate of drug-likeness (QED) is 0.871. The first-order valence-electron chi connectivity index (χ1n) is 5.54. The molecule has 1 saturated heterocycles. The van der Waals surface area contributed by atoms with Gasteiger partial charge in [-0.25, -0.2) is 0 Å². The number of nitrogens with zero attached hydrogens (tertiary/aromatic N) is 2. The van der Waals surface area contributed by atoms with E-state index in [4.69, 9.17) is 22.1 Å². The number of nitrogens with two attached hydrogens (primary N) is 1. The molecule has 0 spiro atoms. The molecule has 0 amide bonds. The Morgan fingerprint density at radius 1 is 1.62 bits per heavy atom. The van der Waals surface area contributed by atoms with Crippen molar-refractivity contribution in [1.82, 2.24) is 9.78 Å². The Kier molecular flexibility index (Phi) is 3.24. The smallest absolute Gasteiger partial charge is 0.0847 e. The van der Waals surface area contributed by atoms with E-state index in [0.29, 0.717) is 6.54 Å². The average molecular weight is 244 g/mol. The van der Waals surface area contributed by atoms with Crippen LogP contribution in [0, 0.1) is 12.3 Å². The molecule has 1 aliphatic rings. The summed E-state index contributed by atoms with van der Waals surface area (Å²) in [5.41, 5.74) is 7.86. The molecular formula is C11H18ClN3O. The normalized spacial score (nSPS) is 25.2. The molecular weight excluding hydrogens is 226 g/mol. The third-order valence-corrected chi connectivity index (χ3v) is 3.91. The lowest BCUT2D eigenvalue weighted by atomic mass is 9.82. The van der Waals surface area contributed by atoms with Gasteiger partial charge in [0.2, 0.25) is 0 Å². The Labute approximate surface area is 101 Å². The number of aromatic nitrogens is 2. The lowest BCUT2D eigenvalue weighted by Crippen LogP contribution is -2.34. The van der Waals surface area contributed by atoms with E-state index in [1.54, 1.807) is 0 Å². The van der Waals surface area contributed by atoms with Crippen LogP contribution in [0.5, 0.6) is 0 Å². The Morgan fingerprint density at radius 3 is 2.81 bits per heavy atom. The Balaban J connectivity index is 2.25. The Hall–Kier alpha value is -0.580. The van der Waals surface area contributed by atoms with E-state index in [1.165, 1.54) is 0 Å². The van der Waals surface area contributed by atoms with Crippen LogP contribution < -0.4 is 5.73 Å². The second-order valence-corrected chi connectivity index (χ2v) is 5.03. The number of ether oxygens (including phenoxy) is 1. The molecule has 0 bridgehead atoms. The van der Waals surface area contributed by atoms with Crippen LogP contribution in [0.4, 0.5) is 0 Å². The molecule has 1 aromatic heterocycles. The van der Waals surface area contributed by atoms with Gasteiger partial charge in [-0.05, 0) is 19.8 Å². The summed E-state index contributed by atoms with van der Waals surface area (Å²) in [6.45, 7) is 4.08. The molecule has 1 aliphatic heterocycles. The van der Waals surface area contributed by atoms with Crippen LogP contribution in [0.1, 0.15) is 17.8 Å². The van der Waals surface area contributed by atoms with Crippen LogP contribution in [0.2, 0.25) is 5.02 Å². The fourth-order valence-corrected chi connectivity index (χ4v) is 2.48. The van der Waals surface area contributed by atoms with Gasteiger partial charge < -0.3 is 10.5 Å². The molecule has 1 aromatic rings. The van der Waals surface area contributed by atoms with Crippen molar-refractivity contribution in [2.75, 3.05) is 19.8 Å². The lowest BCUT2D eigenvalue weighted by molar-refractivity contribution is 0.153. The van der Waals surface area contributed by atoms with Crippen molar-refractivity contribution in [3.8, 4) is 0 Å². The van der Waals surface area contributed by atoms with Gasteiger partial charge in [-0.3, -0.25) is 4.68 Å². The van der Waals surface area contributed by atoms with Gasteiger partial charge in [-0.15, -0.1) is 0 Å². The summed E-state index contributed by atoms with van der Waals surface area (Å²) in [4.78, 5) is 0. The van der Waals surface area contributed by atoms with Crippen molar-refractivity contribution >= 4 is 11.6 Å². The van der Waals surface area contributed by atoms with Crippen LogP contribution in [-0.4, -0.2) is 29.5 Å². The minimum atomic E-state index is 0.0455. The third kappa shape index (κ3) is 1.97. The first-order valence-corrected chi connectivity index (χ1v) is 5.91. The minimum absolute atomic E-state index is 0.0455. The number of hydrogen-bond acceptors (Lipinski definition) is 3. The van der Waals surface area contributed by atoms with Crippen molar-refractivity contribution in [3.63, 3.8) is 0 Å². The molecule has 2 N–H and O–H groups in total. The van der Waals surface area contributed by atoms with E-state index >= 15 is 0 Å². The molecule has 0 radical (unpaired) electrons. The van der Waals surface area contributed by atoms with E-state index in [1.807, 2.05) is 18.7 Å². The minimum Gasteiger partial charge on any atom is -0.381 e. The first kappa shape index (κ1) is 11.9. The topological polar surface area (TPSA) is 53.1 Å². The van der Waals surface area contributed by atoms with Crippen LogP contribution >= 0.6 is 11.6 Å². The molecule has 2 heterocycles. The third-order valence-electron chi connectivity index (χ3n) is 3.42. The van der Waals surface area contributed by atoms with Gasteiger partial charge in [0, 0.05) is 25.6 Å². The number of rotatable bonds is 3.